The molecule has 1 aliphatic rings. The molecule has 3 heterocycles. The van der Waals surface area contributed by atoms with Crippen molar-refractivity contribution in [3.8, 4) is 0 Å². The molecule has 0 bridgehead atoms. The number of nitrogens with one attached hydrogen (secondary N) is 2. The molecule has 10 nitrogen and oxygen atoms in total. The van der Waals surface area contributed by atoms with Crippen LogP contribution in [0.15, 0.2) is 59.0 Å². The van der Waals surface area contributed by atoms with Crippen LogP contribution in [-0.4, -0.2) is 43.5 Å². The summed E-state index contributed by atoms with van der Waals surface area (Å²) in [6, 6.07) is 11.7. The van der Waals surface area contributed by atoms with E-state index in [0.29, 0.717) is 28.6 Å². The molecule has 0 aliphatic carbocycles. The molecule has 36 heavy (non-hydrogen) atoms. The van der Waals surface area contributed by atoms with E-state index in [-0.39, 0.29) is 29.8 Å². The Hall–Kier alpha value is -4.80. The molecular weight excluding hydrogens is 463 g/mol. The van der Waals surface area contributed by atoms with Crippen molar-refractivity contribution in [3.05, 3.63) is 82.6 Å². The summed E-state index contributed by atoms with van der Waals surface area (Å²) >= 11 is 0. The second-order valence-corrected chi connectivity index (χ2v) is 8.24. The lowest BCUT2D eigenvalue weighted by Gasteiger charge is -2.07. The third-order valence-electron chi connectivity index (χ3n) is 5.77. The molecule has 11 heteroatoms. The van der Waals surface area contributed by atoms with Crippen molar-refractivity contribution in [3.63, 3.8) is 0 Å². The second-order valence-electron chi connectivity index (χ2n) is 8.24. The number of nitrogens with zero attached hydrogens (tertiary/aromatic N) is 6. The van der Waals surface area contributed by atoms with Gasteiger partial charge in [-0.05, 0) is 41.8 Å². The minimum atomic E-state index is -0.445. The highest BCUT2D eigenvalue weighted by Crippen LogP contribution is 2.23. The fraction of sp³-hybridized carbons (Fsp3) is 0.160. The predicted molar refractivity (Wildman–Crippen MR) is 133 cm³/mol. The molecule has 2 aromatic carbocycles. The van der Waals surface area contributed by atoms with Crippen molar-refractivity contribution >= 4 is 40.6 Å². The number of anilines is 1. The van der Waals surface area contributed by atoms with E-state index in [4.69, 9.17) is 0 Å². The van der Waals surface area contributed by atoms with E-state index in [1.54, 1.807) is 44.5 Å². The van der Waals surface area contributed by atoms with Crippen molar-refractivity contribution < 1.29 is 14.0 Å². The smallest absolute Gasteiger partial charge is 0.272 e. The highest BCUT2D eigenvalue weighted by Gasteiger charge is 2.21. The molecule has 0 spiro atoms. The number of fused-ring (bicyclic) bond motifs is 1. The van der Waals surface area contributed by atoms with Crippen LogP contribution in [-0.2, 0) is 13.6 Å². The molecule has 4 aromatic rings. The fourth-order valence-electron chi connectivity index (χ4n) is 3.89. The third kappa shape index (κ3) is 4.45. The number of aromatic nitrogens is 4. The average molecular weight is 484 g/mol. The molecule has 5 rings (SSSR count). The van der Waals surface area contributed by atoms with Crippen LogP contribution in [0.4, 0.5) is 10.2 Å². The van der Waals surface area contributed by atoms with E-state index in [1.807, 2.05) is 12.1 Å². The maximum absolute atomic E-state index is 13.5. The summed E-state index contributed by atoms with van der Waals surface area (Å²) in [4.78, 5) is 34.1. The van der Waals surface area contributed by atoms with Crippen LogP contribution in [0.5, 0.6) is 0 Å². The Kier molecular flexibility index (Phi) is 6.03. The first-order valence-electron chi connectivity index (χ1n) is 11.1. The number of halogens is 1. The van der Waals surface area contributed by atoms with Gasteiger partial charge in [0, 0.05) is 31.8 Å². The first-order valence-corrected chi connectivity index (χ1v) is 11.1. The Balaban J connectivity index is 1.34. The van der Waals surface area contributed by atoms with Crippen molar-refractivity contribution in [1.29, 1.82) is 0 Å². The lowest BCUT2D eigenvalue weighted by atomic mass is 10.1. The lowest BCUT2D eigenvalue weighted by Crippen LogP contribution is -2.24. The number of benzene rings is 2. The van der Waals surface area contributed by atoms with Crippen LogP contribution < -0.4 is 10.6 Å². The number of hydrogen-bond donors (Lipinski definition) is 2. The van der Waals surface area contributed by atoms with Crippen molar-refractivity contribution in [2.24, 2.45) is 17.3 Å². The second kappa shape index (κ2) is 9.45. The highest BCUT2D eigenvalue weighted by molar-refractivity contribution is 6.12. The number of hydrogen-bond acceptors (Lipinski definition) is 7. The van der Waals surface area contributed by atoms with E-state index >= 15 is 0 Å². The van der Waals surface area contributed by atoms with Gasteiger partial charge in [0.25, 0.3) is 11.8 Å². The normalized spacial score (nSPS) is 12.6. The standard InChI is InChI=1S/C25H21FN8O2/c1-14-11-15(3-8-18(14)26)12-27-25(36)21-22-20(28-13-29-21)23(33-34(22)2)31-24(35)17-6-4-16(5-7-17)19-9-10-30-32-19/h3-8,10-11,13H,9,12H2,1-2H3,(H,27,36)(H,31,33,35). The largest absolute Gasteiger partial charge is 0.347 e. The molecule has 0 unspecified atom stereocenters. The molecule has 0 radical (unpaired) electrons. The number of carbonyl (C=O) groups is 2. The Morgan fingerprint density at radius 2 is 1.89 bits per heavy atom. The molecule has 0 atom stereocenters. The van der Waals surface area contributed by atoms with E-state index in [1.165, 1.54) is 17.1 Å². The van der Waals surface area contributed by atoms with Gasteiger partial charge in [0.1, 0.15) is 23.2 Å². The van der Waals surface area contributed by atoms with Gasteiger partial charge in [0.2, 0.25) is 0 Å². The maximum Gasteiger partial charge on any atom is 0.272 e. The zero-order valence-electron chi connectivity index (χ0n) is 19.5. The first kappa shape index (κ1) is 23.0. The number of carbonyl (C=O) groups excluding carboxylic acids is 2. The van der Waals surface area contributed by atoms with E-state index in [0.717, 1.165) is 16.8 Å². The van der Waals surface area contributed by atoms with Crippen molar-refractivity contribution in [2.45, 2.75) is 19.9 Å². The van der Waals surface area contributed by atoms with Gasteiger partial charge in [0.15, 0.2) is 11.5 Å². The van der Waals surface area contributed by atoms with E-state index in [9.17, 15) is 14.0 Å². The van der Waals surface area contributed by atoms with Crippen LogP contribution in [0, 0.1) is 12.7 Å². The van der Waals surface area contributed by atoms with Crippen LogP contribution in [0.25, 0.3) is 11.0 Å². The first-order chi connectivity index (χ1) is 17.4. The molecule has 1 aliphatic heterocycles. The van der Waals surface area contributed by atoms with Gasteiger partial charge in [-0.25, -0.2) is 14.4 Å². The van der Waals surface area contributed by atoms with Crippen LogP contribution in [0.1, 0.15) is 44.0 Å². The van der Waals surface area contributed by atoms with Gasteiger partial charge < -0.3 is 10.6 Å². The molecule has 2 aromatic heterocycles. The van der Waals surface area contributed by atoms with Crippen LogP contribution >= 0.6 is 0 Å². The summed E-state index contributed by atoms with van der Waals surface area (Å²) in [5.41, 5.74) is 4.23. The van der Waals surface area contributed by atoms with Gasteiger partial charge >= 0.3 is 0 Å². The van der Waals surface area contributed by atoms with E-state index in [2.05, 4.69) is 35.9 Å². The minimum absolute atomic E-state index is 0.109. The summed E-state index contributed by atoms with van der Waals surface area (Å²) in [5.74, 6) is -0.913. The Morgan fingerprint density at radius 3 is 2.61 bits per heavy atom. The minimum Gasteiger partial charge on any atom is -0.347 e. The number of aryl methyl sites for hydroxylation is 2. The monoisotopic (exact) mass is 484 g/mol. The predicted octanol–water partition coefficient (Wildman–Crippen LogP) is 3.17. The molecule has 180 valence electrons. The van der Waals surface area contributed by atoms with E-state index < -0.39 is 5.91 Å². The quantitative estimate of drug-likeness (QED) is 0.435. The zero-order valence-corrected chi connectivity index (χ0v) is 19.5. The lowest BCUT2D eigenvalue weighted by molar-refractivity contribution is 0.0946. The van der Waals surface area contributed by atoms with Crippen molar-refractivity contribution in [2.75, 3.05) is 5.32 Å². The summed E-state index contributed by atoms with van der Waals surface area (Å²) < 4.78 is 15.0. The Morgan fingerprint density at radius 1 is 1.08 bits per heavy atom. The topological polar surface area (TPSA) is 127 Å². The van der Waals surface area contributed by atoms with Gasteiger partial charge in [-0.3, -0.25) is 14.3 Å². The van der Waals surface area contributed by atoms with Gasteiger partial charge in [0.05, 0.1) is 5.71 Å². The maximum atomic E-state index is 13.5. The average Bonchev–Trinajstić information content (AvgIpc) is 3.53. The fourth-order valence-corrected chi connectivity index (χ4v) is 3.89. The zero-order chi connectivity index (χ0) is 25.2. The SMILES string of the molecule is Cc1cc(CNC(=O)c2ncnc3c(NC(=O)c4ccc(C5=NN=CC5)cc4)nn(C)c23)ccc1F. The highest BCUT2D eigenvalue weighted by atomic mass is 19.1. The summed E-state index contributed by atoms with van der Waals surface area (Å²) in [7, 11) is 1.64. The number of rotatable bonds is 6. The third-order valence-corrected chi connectivity index (χ3v) is 5.77. The molecule has 0 saturated carbocycles. The summed E-state index contributed by atoms with van der Waals surface area (Å²) in [5, 5.41) is 17.8. The van der Waals surface area contributed by atoms with Crippen LogP contribution in [0.3, 0.4) is 0 Å². The number of amides is 2. The van der Waals surface area contributed by atoms with Gasteiger partial charge in [-0.2, -0.15) is 15.3 Å². The van der Waals surface area contributed by atoms with Crippen molar-refractivity contribution in [1.82, 2.24) is 25.1 Å². The van der Waals surface area contributed by atoms with Crippen LogP contribution in [0.2, 0.25) is 0 Å². The Bertz CT molecular complexity index is 1560. The molecule has 0 fully saturated rings. The summed E-state index contributed by atoms with van der Waals surface area (Å²) in [6.07, 6.45) is 3.63. The molecule has 0 saturated heterocycles. The molecule has 2 amide bonds. The van der Waals surface area contributed by atoms with Gasteiger partial charge in [-0.1, -0.05) is 24.3 Å². The van der Waals surface area contributed by atoms with Gasteiger partial charge in [-0.15, -0.1) is 0 Å². The molecular formula is C25H21FN8O2. The Labute approximate surface area is 205 Å². The summed E-state index contributed by atoms with van der Waals surface area (Å²) in [6.45, 7) is 1.86. The molecule has 2 N–H and O–H groups in total.